The standard InChI is InChI=1S/C12H9N3/c1-2-4-11-9(3-1)10(5-6-14-11)12-7-13-8-15-12/h1-8H,(H,13,15). The van der Waals surface area contributed by atoms with Gasteiger partial charge in [0.05, 0.1) is 23.7 Å². The molecule has 0 aliphatic heterocycles. The van der Waals surface area contributed by atoms with Crippen LogP contribution in [0.1, 0.15) is 0 Å². The van der Waals surface area contributed by atoms with Crippen molar-refractivity contribution in [1.82, 2.24) is 15.0 Å². The normalized spacial score (nSPS) is 10.7. The molecule has 0 saturated carbocycles. The Bertz CT molecular complexity index is 579. The van der Waals surface area contributed by atoms with E-state index in [0.717, 1.165) is 22.2 Å². The molecule has 3 rings (SSSR count). The number of hydrogen-bond acceptors (Lipinski definition) is 2. The molecule has 0 bridgehead atoms. The third kappa shape index (κ3) is 1.29. The fraction of sp³-hybridized carbons (Fsp3) is 0. The molecule has 1 aromatic carbocycles. The lowest BCUT2D eigenvalue weighted by atomic mass is 10.1. The largest absolute Gasteiger partial charge is 0.345 e. The molecule has 3 aromatic rings. The molecule has 0 spiro atoms. The number of nitrogens with one attached hydrogen (secondary N) is 1. The number of rotatable bonds is 1. The Morgan fingerprint density at radius 3 is 2.87 bits per heavy atom. The molecule has 0 atom stereocenters. The van der Waals surface area contributed by atoms with Gasteiger partial charge in [-0.3, -0.25) is 4.98 Å². The van der Waals surface area contributed by atoms with Crippen molar-refractivity contribution in [3.8, 4) is 11.3 Å². The predicted octanol–water partition coefficient (Wildman–Crippen LogP) is 2.62. The average Bonchev–Trinajstić information content (AvgIpc) is 2.82. The van der Waals surface area contributed by atoms with Crippen LogP contribution in [-0.2, 0) is 0 Å². The van der Waals surface area contributed by atoms with E-state index >= 15 is 0 Å². The number of pyridine rings is 1. The molecule has 2 heterocycles. The Hall–Kier alpha value is -2.16. The van der Waals surface area contributed by atoms with E-state index in [1.807, 2.05) is 36.7 Å². The second kappa shape index (κ2) is 3.20. The van der Waals surface area contributed by atoms with E-state index in [4.69, 9.17) is 0 Å². The first-order valence-corrected chi connectivity index (χ1v) is 4.77. The molecule has 2 aromatic heterocycles. The summed E-state index contributed by atoms with van der Waals surface area (Å²) in [5, 5.41) is 1.14. The number of H-pyrrole nitrogens is 1. The maximum absolute atomic E-state index is 4.32. The zero-order valence-corrected chi connectivity index (χ0v) is 8.01. The molecule has 15 heavy (non-hydrogen) atoms. The van der Waals surface area contributed by atoms with Crippen LogP contribution in [-0.4, -0.2) is 15.0 Å². The highest BCUT2D eigenvalue weighted by atomic mass is 14.9. The van der Waals surface area contributed by atoms with Crippen molar-refractivity contribution in [3.05, 3.63) is 49.1 Å². The van der Waals surface area contributed by atoms with Crippen molar-refractivity contribution in [2.75, 3.05) is 0 Å². The number of aromatic nitrogens is 3. The number of nitrogens with zero attached hydrogens (tertiary/aromatic N) is 2. The smallest absolute Gasteiger partial charge is 0.0924 e. The molecule has 0 saturated heterocycles. The topological polar surface area (TPSA) is 41.6 Å². The molecular formula is C12H9N3. The first kappa shape index (κ1) is 8.17. The van der Waals surface area contributed by atoms with E-state index in [1.54, 1.807) is 6.33 Å². The Kier molecular flexibility index (Phi) is 1.75. The lowest BCUT2D eigenvalue weighted by Crippen LogP contribution is -1.83. The molecule has 0 unspecified atom stereocenters. The summed E-state index contributed by atoms with van der Waals surface area (Å²) in [6.07, 6.45) is 5.32. The quantitative estimate of drug-likeness (QED) is 0.648. The molecule has 3 heteroatoms. The third-order valence-electron chi connectivity index (χ3n) is 2.44. The maximum Gasteiger partial charge on any atom is 0.0924 e. The fourth-order valence-electron chi connectivity index (χ4n) is 1.73. The second-order valence-electron chi connectivity index (χ2n) is 3.34. The zero-order chi connectivity index (χ0) is 10.1. The van der Waals surface area contributed by atoms with Crippen molar-refractivity contribution in [2.45, 2.75) is 0 Å². The second-order valence-corrected chi connectivity index (χ2v) is 3.34. The van der Waals surface area contributed by atoms with Crippen LogP contribution in [0.25, 0.3) is 22.2 Å². The van der Waals surface area contributed by atoms with Crippen molar-refractivity contribution in [3.63, 3.8) is 0 Å². The van der Waals surface area contributed by atoms with E-state index in [-0.39, 0.29) is 0 Å². The average molecular weight is 195 g/mol. The van der Waals surface area contributed by atoms with Crippen molar-refractivity contribution in [2.24, 2.45) is 0 Å². The van der Waals surface area contributed by atoms with Crippen LogP contribution >= 0.6 is 0 Å². The van der Waals surface area contributed by atoms with Crippen LogP contribution in [0.15, 0.2) is 49.1 Å². The van der Waals surface area contributed by atoms with E-state index in [2.05, 4.69) is 21.0 Å². The summed E-state index contributed by atoms with van der Waals surface area (Å²) in [6.45, 7) is 0. The van der Waals surface area contributed by atoms with Crippen LogP contribution in [0.2, 0.25) is 0 Å². The molecule has 72 valence electrons. The molecule has 0 fully saturated rings. The Labute approximate surface area is 86.8 Å². The lowest BCUT2D eigenvalue weighted by Gasteiger charge is -2.02. The molecule has 0 aliphatic rings. The van der Waals surface area contributed by atoms with Crippen LogP contribution < -0.4 is 0 Å². The fourth-order valence-corrected chi connectivity index (χ4v) is 1.73. The van der Waals surface area contributed by atoms with Crippen LogP contribution in [0.5, 0.6) is 0 Å². The number of fused-ring (bicyclic) bond motifs is 1. The minimum atomic E-state index is 1.00. The van der Waals surface area contributed by atoms with Gasteiger partial charge in [-0.2, -0.15) is 0 Å². The van der Waals surface area contributed by atoms with Gasteiger partial charge in [0.25, 0.3) is 0 Å². The summed E-state index contributed by atoms with van der Waals surface area (Å²) in [6, 6.07) is 10.1. The van der Waals surface area contributed by atoms with Gasteiger partial charge in [-0.1, -0.05) is 18.2 Å². The predicted molar refractivity (Wildman–Crippen MR) is 59.3 cm³/mol. The van der Waals surface area contributed by atoms with Gasteiger partial charge in [-0.05, 0) is 12.1 Å². The van der Waals surface area contributed by atoms with Gasteiger partial charge in [-0.15, -0.1) is 0 Å². The van der Waals surface area contributed by atoms with E-state index < -0.39 is 0 Å². The first-order valence-electron chi connectivity index (χ1n) is 4.77. The molecule has 0 radical (unpaired) electrons. The van der Waals surface area contributed by atoms with Crippen LogP contribution in [0, 0.1) is 0 Å². The van der Waals surface area contributed by atoms with Gasteiger partial charge in [0.2, 0.25) is 0 Å². The Morgan fingerprint density at radius 1 is 1.07 bits per heavy atom. The number of imidazole rings is 1. The Balaban J connectivity index is 2.36. The van der Waals surface area contributed by atoms with E-state index in [9.17, 15) is 0 Å². The van der Waals surface area contributed by atoms with Gasteiger partial charge in [0, 0.05) is 17.1 Å². The first-order chi connectivity index (χ1) is 7.45. The summed E-state index contributed by atoms with van der Waals surface area (Å²) < 4.78 is 0. The monoisotopic (exact) mass is 195 g/mol. The highest BCUT2D eigenvalue weighted by molar-refractivity contribution is 5.92. The highest BCUT2D eigenvalue weighted by Crippen LogP contribution is 2.24. The van der Waals surface area contributed by atoms with Crippen molar-refractivity contribution >= 4 is 10.9 Å². The van der Waals surface area contributed by atoms with Gasteiger partial charge >= 0.3 is 0 Å². The molecule has 1 N–H and O–H groups in total. The summed E-state index contributed by atoms with van der Waals surface area (Å²) in [5.74, 6) is 0. The number of benzene rings is 1. The molecule has 0 aliphatic carbocycles. The van der Waals surface area contributed by atoms with E-state index in [1.165, 1.54) is 0 Å². The summed E-state index contributed by atoms with van der Waals surface area (Å²) in [4.78, 5) is 11.5. The van der Waals surface area contributed by atoms with Gasteiger partial charge < -0.3 is 4.98 Å². The highest BCUT2D eigenvalue weighted by Gasteiger charge is 2.03. The minimum Gasteiger partial charge on any atom is -0.345 e. The number of para-hydroxylation sites is 1. The third-order valence-corrected chi connectivity index (χ3v) is 2.44. The minimum absolute atomic E-state index is 1.00. The van der Waals surface area contributed by atoms with Crippen LogP contribution in [0.4, 0.5) is 0 Å². The van der Waals surface area contributed by atoms with Gasteiger partial charge in [-0.25, -0.2) is 4.98 Å². The van der Waals surface area contributed by atoms with E-state index in [0.29, 0.717) is 0 Å². The van der Waals surface area contributed by atoms with Gasteiger partial charge in [0.1, 0.15) is 0 Å². The SMILES string of the molecule is c1ccc2c(-c3cnc[nH]3)ccnc2c1. The van der Waals surface area contributed by atoms with Crippen molar-refractivity contribution in [1.29, 1.82) is 0 Å². The molecular weight excluding hydrogens is 186 g/mol. The summed E-state index contributed by atoms with van der Waals surface area (Å²) >= 11 is 0. The summed E-state index contributed by atoms with van der Waals surface area (Å²) in [7, 11) is 0. The maximum atomic E-state index is 4.32. The van der Waals surface area contributed by atoms with Gasteiger partial charge in [0.15, 0.2) is 0 Å². The number of aromatic amines is 1. The lowest BCUT2D eigenvalue weighted by molar-refractivity contribution is 1.31. The van der Waals surface area contributed by atoms with Crippen molar-refractivity contribution < 1.29 is 0 Å². The van der Waals surface area contributed by atoms with Crippen LogP contribution in [0.3, 0.4) is 0 Å². The molecule has 0 amide bonds. The number of hydrogen-bond donors (Lipinski definition) is 1. The summed E-state index contributed by atoms with van der Waals surface area (Å²) in [5.41, 5.74) is 3.16. The Morgan fingerprint density at radius 2 is 2.00 bits per heavy atom. The zero-order valence-electron chi connectivity index (χ0n) is 8.01. The molecule has 3 nitrogen and oxygen atoms in total.